The largest absolute Gasteiger partial charge is 0.337 e. The summed E-state index contributed by atoms with van der Waals surface area (Å²) in [7, 11) is 4.23. The average Bonchev–Trinajstić information content (AvgIpc) is 2.76. The molecule has 2 N–H and O–H groups in total. The SMILES string of the molecule is CC1SCCCC1(CN)N(C)Cc1nccn1C. The topological polar surface area (TPSA) is 47.1 Å². The van der Waals surface area contributed by atoms with Crippen LogP contribution in [0, 0.1) is 0 Å². The van der Waals surface area contributed by atoms with Gasteiger partial charge in [0.25, 0.3) is 0 Å². The Morgan fingerprint density at radius 1 is 1.67 bits per heavy atom. The molecule has 2 heterocycles. The van der Waals surface area contributed by atoms with Gasteiger partial charge in [0.05, 0.1) is 6.54 Å². The molecule has 1 aromatic heterocycles. The summed E-state index contributed by atoms with van der Waals surface area (Å²) in [6.07, 6.45) is 6.31. The van der Waals surface area contributed by atoms with E-state index in [-0.39, 0.29) is 5.54 Å². The van der Waals surface area contributed by atoms with Crippen molar-refractivity contribution in [2.75, 3.05) is 19.3 Å². The molecule has 2 unspecified atom stereocenters. The highest BCUT2D eigenvalue weighted by atomic mass is 32.2. The lowest BCUT2D eigenvalue weighted by Gasteiger charge is -2.48. The van der Waals surface area contributed by atoms with Crippen LogP contribution in [0.3, 0.4) is 0 Å². The van der Waals surface area contributed by atoms with Crippen LogP contribution in [0.25, 0.3) is 0 Å². The van der Waals surface area contributed by atoms with E-state index >= 15 is 0 Å². The Hall–Kier alpha value is -0.520. The molecule has 0 spiro atoms. The number of likely N-dealkylation sites (N-methyl/N-ethyl adjacent to an activating group) is 1. The van der Waals surface area contributed by atoms with Crippen molar-refractivity contribution >= 4 is 11.8 Å². The van der Waals surface area contributed by atoms with Gasteiger partial charge in [0.15, 0.2) is 0 Å². The van der Waals surface area contributed by atoms with E-state index in [1.807, 2.05) is 31.2 Å². The van der Waals surface area contributed by atoms with E-state index in [2.05, 4.69) is 28.4 Å². The van der Waals surface area contributed by atoms with Gasteiger partial charge in [-0.3, -0.25) is 4.90 Å². The van der Waals surface area contributed by atoms with Gasteiger partial charge >= 0.3 is 0 Å². The van der Waals surface area contributed by atoms with Crippen LogP contribution in [-0.4, -0.2) is 44.6 Å². The van der Waals surface area contributed by atoms with E-state index in [1.54, 1.807) is 0 Å². The average molecular weight is 268 g/mol. The Morgan fingerprint density at radius 2 is 2.44 bits per heavy atom. The molecule has 0 amide bonds. The molecule has 1 aromatic rings. The zero-order valence-electron chi connectivity index (χ0n) is 11.6. The van der Waals surface area contributed by atoms with Crippen LogP contribution in [0.1, 0.15) is 25.6 Å². The van der Waals surface area contributed by atoms with Crippen LogP contribution in [-0.2, 0) is 13.6 Å². The molecule has 0 bridgehead atoms. The third kappa shape index (κ3) is 2.44. The fraction of sp³-hybridized carbons (Fsp3) is 0.769. The second kappa shape index (κ2) is 5.63. The summed E-state index contributed by atoms with van der Waals surface area (Å²) >= 11 is 2.05. The van der Waals surface area contributed by atoms with Crippen molar-refractivity contribution in [3.8, 4) is 0 Å². The maximum atomic E-state index is 6.11. The maximum Gasteiger partial charge on any atom is 0.122 e. The molecular weight excluding hydrogens is 244 g/mol. The van der Waals surface area contributed by atoms with Crippen molar-refractivity contribution < 1.29 is 0 Å². The fourth-order valence-corrected chi connectivity index (χ4v) is 4.21. The molecule has 0 saturated carbocycles. The molecule has 1 fully saturated rings. The molecule has 1 aliphatic heterocycles. The van der Waals surface area contributed by atoms with Gasteiger partial charge < -0.3 is 10.3 Å². The third-order valence-electron chi connectivity index (χ3n) is 4.29. The monoisotopic (exact) mass is 268 g/mol. The number of nitrogens with two attached hydrogens (primary N) is 1. The highest BCUT2D eigenvalue weighted by Gasteiger charge is 2.41. The lowest BCUT2D eigenvalue weighted by atomic mass is 9.88. The van der Waals surface area contributed by atoms with Crippen LogP contribution < -0.4 is 5.73 Å². The zero-order valence-corrected chi connectivity index (χ0v) is 12.4. The summed E-state index contributed by atoms with van der Waals surface area (Å²) in [5, 5.41) is 0.585. The van der Waals surface area contributed by atoms with E-state index in [0.29, 0.717) is 5.25 Å². The van der Waals surface area contributed by atoms with E-state index < -0.39 is 0 Å². The molecule has 18 heavy (non-hydrogen) atoms. The smallest absolute Gasteiger partial charge is 0.122 e. The second-order valence-corrected chi connectivity index (χ2v) is 6.68. The van der Waals surface area contributed by atoms with Crippen LogP contribution in [0.4, 0.5) is 0 Å². The van der Waals surface area contributed by atoms with Gasteiger partial charge in [0, 0.05) is 36.8 Å². The summed E-state index contributed by atoms with van der Waals surface area (Å²) in [6.45, 7) is 3.90. The first kappa shape index (κ1) is 13.9. The third-order valence-corrected chi connectivity index (χ3v) is 5.75. The van der Waals surface area contributed by atoms with Crippen LogP contribution in [0.15, 0.2) is 12.4 Å². The first-order chi connectivity index (χ1) is 8.60. The number of rotatable bonds is 4. The number of aryl methyl sites for hydroxylation is 1. The molecule has 1 aliphatic rings. The fourth-order valence-electron chi connectivity index (χ4n) is 2.84. The van der Waals surface area contributed by atoms with Crippen molar-refractivity contribution in [3.63, 3.8) is 0 Å². The predicted octanol–water partition coefficient (Wildman–Crippen LogP) is 1.46. The van der Waals surface area contributed by atoms with Crippen molar-refractivity contribution in [2.24, 2.45) is 12.8 Å². The molecule has 1 saturated heterocycles. The van der Waals surface area contributed by atoms with Crippen molar-refractivity contribution in [3.05, 3.63) is 18.2 Å². The number of hydrogen-bond acceptors (Lipinski definition) is 4. The molecule has 5 heteroatoms. The maximum absolute atomic E-state index is 6.11. The van der Waals surface area contributed by atoms with Gasteiger partial charge in [0.2, 0.25) is 0 Å². The van der Waals surface area contributed by atoms with Crippen LogP contribution in [0.5, 0.6) is 0 Å². The van der Waals surface area contributed by atoms with Gasteiger partial charge in [-0.05, 0) is 25.6 Å². The van der Waals surface area contributed by atoms with Gasteiger partial charge in [-0.2, -0.15) is 11.8 Å². The standard InChI is InChI=1S/C13H24N4S/c1-11-13(10-14,5-4-8-18-11)17(3)9-12-15-6-7-16(12)2/h6-7,11H,4-5,8-10,14H2,1-3H3. The molecule has 2 rings (SSSR count). The summed E-state index contributed by atoms with van der Waals surface area (Å²) < 4.78 is 2.08. The summed E-state index contributed by atoms with van der Waals surface area (Å²) in [6, 6.07) is 0. The van der Waals surface area contributed by atoms with E-state index in [0.717, 1.165) is 18.9 Å². The van der Waals surface area contributed by atoms with Crippen molar-refractivity contribution in [1.82, 2.24) is 14.5 Å². The minimum atomic E-state index is 0.120. The van der Waals surface area contributed by atoms with E-state index in [4.69, 9.17) is 5.73 Å². The first-order valence-electron chi connectivity index (χ1n) is 6.59. The lowest BCUT2D eigenvalue weighted by Crippen LogP contribution is -2.59. The van der Waals surface area contributed by atoms with Gasteiger partial charge in [0.1, 0.15) is 5.82 Å². The summed E-state index contributed by atoms with van der Waals surface area (Å²) in [5.74, 6) is 2.37. The number of hydrogen-bond donors (Lipinski definition) is 1. The van der Waals surface area contributed by atoms with Gasteiger partial charge in [-0.15, -0.1) is 0 Å². The Morgan fingerprint density at radius 3 is 3.00 bits per heavy atom. The number of imidazole rings is 1. The normalized spacial score (nSPS) is 28.8. The molecule has 0 aromatic carbocycles. The molecule has 2 atom stereocenters. The number of aromatic nitrogens is 2. The van der Waals surface area contributed by atoms with Gasteiger partial charge in [-0.25, -0.2) is 4.98 Å². The second-order valence-electron chi connectivity index (χ2n) is 5.23. The van der Waals surface area contributed by atoms with E-state index in [9.17, 15) is 0 Å². The van der Waals surface area contributed by atoms with Crippen molar-refractivity contribution in [2.45, 2.75) is 37.1 Å². The summed E-state index contributed by atoms with van der Waals surface area (Å²) in [4.78, 5) is 6.82. The van der Waals surface area contributed by atoms with E-state index in [1.165, 1.54) is 18.6 Å². The molecule has 102 valence electrons. The highest BCUT2D eigenvalue weighted by Crippen LogP contribution is 2.37. The first-order valence-corrected chi connectivity index (χ1v) is 7.64. The minimum absolute atomic E-state index is 0.120. The number of nitrogens with zero attached hydrogens (tertiary/aromatic N) is 3. The van der Waals surface area contributed by atoms with Crippen LogP contribution >= 0.6 is 11.8 Å². The number of thioether (sulfide) groups is 1. The lowest BCUT2D eigenvalue weighted by molar-refractivity contribution is 0.100. The van der Waals surface area contributed by atoms with Crippen LogP contribution in [0.2, 0.25) is 0 Å². The Balaban J connectivity index is 2.14. The predicted molar refractivity (Wildman–Crippen MR) is 77.6 cm³/mol. The molecule has 0 aliphatic carbocycles. The Kier molecular flexibility index (Phi) is 4.35. The molecule has 4 nitrogen and oxygen atoms in total. The zero-order chi connectivity index (χ0) is 13.2. The molecular formula is C13H24N4S. The highest BCUT2D eigenvalue weighted by molar-refractivity contribution is 8.00. The Bertz CT molecular complexity index is 392. The van der Waals surface area contributed by atoms with Crippen molar-refractivity contribution in [1.29, 1.82) is 0 Å². The minimum Gasteiger partial charge on any atom is -0.337 e. The Labute approximate surface area is 114 Å². The summed E-state index contributed by atoms with van der Waals surface area (Å²) in [5.41, 5.74) is 6.23. The molecule has 0 radical (unpaired) electrons. The quantitative estimate of drug-likeness (QED) is 0.898. The van der Waals surface area contributed by atoms with Gasteiger partial charge in [-0.1, -0.05) is 6.92 Å².